The number of cyclic esters (lactones) is 1. The fourth-order valence-corrected chi connectivity index (χ4v) is 1.70. The van der Waals surface area contributed by atoms with Gasteiger partial charge in [-0.1, -0.05) is 0 Å². The van der Waals surface area contributed by atoms with Crippen molar-refractivity contribution in [3.63, 3.8) is 0 Å². The maximum atomic E-state index is 12.0. The topological polar surface area (TPSA) is 58.6 Å². The molecule has 2 rings (SSSR count). The molecule has 8 heteroatoms. The number of halogens is 3. The highest BCUT2D eigenvalue weighted by atomic mass is 19.4. The lowest BCUT2D eigenvalue weighted by Crippen LogP contribution is -2.33. The predicted octanol–water partition coefficient (Wildman–Crippen LogP) is 1.94. The van der Waals surface area contributed by atoms with E-state index in [4.69, 9.17) is 4.74 Å². The van der Waals surface area contributed by atoms with Crippen LogP contribution in [-0.4, -0.2) is 37.9 Å². The molecule has 1 N–H and O–H groups in total. The standard InChI is InChI=1S/C12H11F3N2O3/c13-12(14,15)7-16-10(18)8-1-3-9(4-2-8)17-5-6-20-11(17)19/h1-4H,5-7H2,(H,16,18). The Kier molecular flexibility index (Phi) is 3.82. The number of carbonyl (C=O) groups is 2. The van der Waals surface area contributed by atoms with Crippen molar-refractivity contribution in [3.05, 3.63) is 29.8 Å². The normalized spacial score (nSPS) is 15.2. The number of hydrogen-bond donors (Lipinski definition) is 1. The first kappa shape index (κ1) is 14.2. The highest BCUT2D eigenvalue weighted by molar-refractivity contribution is 5.95. The first-order valence-corrected chi connectivity index (χ1v) is 5.76. The third-order valence-corrected chi connectivity index (χ3v) is 2.65. The van der Waals surface area contributed by atoms with Crippen LogP contribution in [0.25, 0.3) is 0 Å². The number of nitrogens with one attached hydrogen (secondary N) is 1. The van der Waals surface area contributed by atoms with Crippen LogP contribution >= 0.6 is 0 Å². The van der Waals surface area contributed by atoms with Gasteiger partial charge in [-0.25, -0.2) is 4.79 Å². The minimum absolute atomic E-state index is 0.0885. The van der Waals surface area contributed by atoms with Gasteiger partial charge in [0.2, 0.25) is 0 Å². The van der Waals surface area contributed by atoms with E-state index in [1.165, 1.54) is 29.2 Å². The average molecular weight is 288 g/mol. The van der Waals surface area contributed by atoms with E-state index in [0.29, 0.717) is 12.2 Å². The molecule has 5 nitrogen and oxygen atoms in total. The maximum Gasteiger partial charge on any atom is 0.414 e. The molecule has 20 heavy (non-hydrogen) atoms. The largest absolute Gasteiger partial charge is 0.447 e. The van der Waals surface area contributed by atoms with Gasteiger partial charge in [0.25, 0.3) is 5.91 Å². The van der Waals surface area contributed by atoms with Crippen LogP contribution < -0.4 is 10.2 Å². The maximum absolute atomic E-state index is 12.0. The predicted molar refractivity (Wildman–Crippen MR) is 63.5 cm³/mol. The summed E-state index contributed by atoms with van der Waals surface area (Å²) in [6, 6.07) is 5.67. The average Bonchev–Trinajstić information content (AvgIpc) is 2.81. The number of benzene rings is 1. The van der Waals surface area contributed by atoms with Crippen LogP contribution in [0.3, 0.4) is 0 Å². The molecule has 0 aliphatic carbocycles. The molecular formula is C12H11F3N2O3. The molecule has 1 aromatic rings. The van der Waals surface area contributed by atoms with E-state index >= 15 is 0 Å². The van der Waals surface area contributed by atoms with Gasteiger partial charge in [-0.05, 0) is 24.3 Å². The van der Waals surface area contributed by atoms with Gasteiger partial charge in [-0.2, -0.15) is 13.2 Å². The number of amides is 2. The number of rotatable bonds is 3. The van der Waals surface area contributed by atoms with Crippen LogP contribution in [-0.2, 0) is 4.74 Å². The van der Waals surface area contributed by atoms with E-state index in [-0.39, 0.29) is 12.2 Å². The third-order valence-electron chi connectivity index (χ3n) is 2.65. The molecule has 0 atom stereocenters. The Balaban J connectivity index is 2.01. The summed E-state index contributed by atoms with van der Waals surface area (Å²) in [6.45, 7) is -0.697. The fourth-order valence-electron chi connectivity index (χ4n) is 1.70. The van der Waals surface area contributed by atoms with Gasteiger partial charge in [0.15, 0.2) is 0 Å². The Morgan fingerprint density at radius 3 is 2.45 bits per heavy atom. The molecule has 1 saturated heterocycles. The van der Waals surface area contributed by atoms with Crippen molar-refractivity contribution in [2.75, 3.05) is 24.6 Å². The summed E-state index contributed by atoms with van der Waals surface area (Å²) in [5.41, 5.74) is 0.616. The van der Waals surface area contributed by atoms with Gasteiger partial charge in [-0.15, -0.1) is 0 Å². The van der Waals surface area contributed by atoms with Gasteiger partial charge in [0.1, 0.15) is 13.2 Å². The van der Waals surface area contributed by atoms with Crippen LogP contribution in [0.5, 0.6) is 0 Å². The molecule has 2 amide bonds. The summed E-state index contributed by atoms with van der Waals surface area (Å²) in [4.78, 5) is 24.2. The Bertz CT molecular complexity index is 514. The van der Waals surface area contributed by atoms with E-state index in [0.717, 1.165) is 0 Å². The number of ether oxygens (including phenoxy) is 1. The summed E-state index contributed by atoms with van der Waals surface area (Å²) < 4.78 is 40.7. The summed E-state index contributed by atoms with van der Waals surface area (Å²) >= 11 is 0. The van der Waals surface area contributed by atoms with Crippen LogP contribution in [0.1, 0.15) is 10.4 Å². The molecule has 1 aliphatic rings. The second-order valence-electron chi connectivity index (χ2n) is 4.11. The van der Waals surface area contributed by atoms with Crippen molar-refractivity contribution >= 4 is 17.7 Å². The molecule has 0 aromatic heterocycles. The summed E-state index contributed by atoms with van der Waals surface area (Å²) in [6.07, 6.45) is -4.94. The quantitative estimate of drug-likeness (QED) is 0.924. The molecule has 1 fully saturated rings. The lowest BCUT2D eigenvalue weighted by Gasteiger charge is -2.13. The van der Waals surface area contributed by atoms with Gasteiger partial charge in [0, 0.05) is 11.3 Å². The minimum atomic E-state index is -4.45. The zero-order valence-corrected chi connectivity index (χ0v) is 10.2. The van der Waals surface area contributed by atoms with Crippen molar-refractivity contribution in [1.82, 2.24) is 5.32 Å². The fraction of sp³-hybridized carbons (Fsp3) is 0.333. The van der Waals surface area contributed by atoms with E-state index < -0.39 is 24.7 Å². The molecule has 0 radical (unpaired) electrons. The van der Waals surface area contributed by atoms with E-state index in [1.807, 2.05) is 0 Å². The Morgan fingerprint density at radius 1 is 1.30 bits per heavy atom. The number of alkyl halides is 3. The van der Waals surface area contributed by atoms with Crippen LogP contribution in [0.15, 0.2) is 24.3 Å². The van der Waals surface area contributed by atoms with Crippen molar-refractivity contribution < 1.29 is 27.5 Å². The number of anilines is 1. The van der Waals surface area contributed by atoms with Crippen molar-refractivity contribution in [1.29, 1.82) is 0 Å². The Hall–Kier alpha value is -2.25. The van der Waals surface area contributed by atoms with Crippen molar-refractivity contribution in [3.8, 4) is 0 Å². The number of nitrogens with zero attached hydrogens (tertiary/aromatic N) is 1. The van der Waals surface area contributed by atoms with Crippen molar-refractivity contribution in [2.45, 2.75) is 6.18 Å². The van der Waals surface area contributed by atoms with E-state index in [9.17, 15) is 22.8 Å². The van der Waals surface area contributed by atoms with Crippen LogP contribution in [0.2, 0.25) is 0 Å². The van der Waals surface area contributed by atoms with Gasteiger partial charge in [-0.3, -0.25) is 9.69 Å². The Morgan fingerprint density at radius 2 is 1.95 bits per heavy atom. The van der Waals surface area contributed by atoms with Gasteiger partial charge < -0.3 is 10.1 Å². The molecule has 0 bridgehead atoms. The number of carbonyl (C=O) groups excluding carboxylic acids is 2. The molecule has 1 aliphatic heterocycles. The summed E-state index contributed by atoms with van der Waals surface area (Å²) in [7, 11) is 0. The van der Waals surface area contributed by atoms with E-state index in [2.05, 4.69) is 0 Å². The Labute approximate surface area is 112 Å². The second-order valence-corrected chi connectivity index (χ2v) is 4.11. The molecule has 0 spiro atoms. The monoisotopic (exact) mass is 288 g/mol. The van der Waals surface area contributed by atoms with Crippen molar-refractivity contribution in [2.24, 2.45) is 0 Å². The lowest BCUT2D eigenvalue weighted by molar-refractivity contribution is -0.123. The molecule has 1 heterocycles. The molecule has 108 valence electrons. The second kappa shape index (κ2) is 5.40. The third kappa shape index (κ3) is 3.40. The zero-order valence-electron chi connectivity index (χ0n) is 10.2. The van der Waals surface area contributed by atoms with Crippen LogP contribution in [0, 0.1) is 0 Å². The first-order chi connectivity index (χ1) is 9.37. The van der Waals surface area contributed by atoms with Gasteiger partial charge >= 0.3 is 12.3 Å². The van der Waals surface area contributed by atoms with Gasteiger partial charge in [0.05, 0.1) is 6.54 Å². The summed E-state index contributed by atoms with van der Waals surface area (Å²) in [5.74, 6) is -0.821. The lowest BCUT2D eigenvalue weighted by atomic mass is 10.2. The minimum Gasteiger partial charge on any atom is -0.447 e. The highest BCUT2D eigenvalue weighted by Gasteiger charge is 2.28. The smallest absolute Gasteiger partial charge is 0.414 e. The van der Waals surface area contributed by atoms with Crippen LogP contribution in [0.4, 0.5) is 23.7 Å². The molecular weight excluding hydrogens is 277 g/mol. The molecule has 1 aromatic carbocycles. The first-order valence-electron chi connectivity index (χ1n) is 5.76. The highest BCUT2D eigenvalue weighted by Crippen LogP contribution is 2.19. The molecule has 0 unspecified atom stereocenters. The van der Waals surface area contributed by atoms with E-state index in [1.54, 1.807) is 5.32 Å². The summed E-state index contributed by atoms with van der Waals surface area (Å²) in [5, 5.41) is 1.77. The number of hydrogen-bond acceptors (Lipinski definition) is 3. The molecule has 0 saturated carbocycles. The zero-order chi connectivity index (χ0) is 14.8. The SMILES string of the molecule is O=C(NCC(F)(F)F)c1ccc(N2CCOC2=O)cc1.